The van der Waals surface area contributed by atoms with Gasteiger partial charge in [0.25, 0.3) is 0 Å². The molecule has 0 amide bonds. The molecule has 2 atom stereocenters. The quantitative estimate of drug-likeness (QED) is 0.210. The fraction of sp³-hybridized carbons (Fsp3) is 0.273. The Bertz CT molecular complexity index is 1090. The second-order valence-corrected chi connectivity index (χ2v) is 9.48. The zero-order chi connectivity index (χ0) is 24.3. The van der Waals surface area contributed by atoms with Crippen LogP contribution in [0.4, 0.5) is 0 Å². The van der Waals surface area contributed by atoms with Gasteiger partial charge in [0.05, 0.1) is 0 Å². The van der Waals surface area contributed by atoms with E-state index in [2.05, 4.69) is 128 Å². The van der Waals surface area contributed by atoms with E-state index in [0.29, 0.717) is 18.4 Å². The minimum atomic E-state index is 0.476. The lowest BCUT2D eigenvalue weighted by atomic mass is 9.84. The van der Waals surface area contributed by atoms with Crippen molar-refractivity contribution in [3.63, 3.8) is 0 Å². The number of nitrogens with zero attached hydrogens (tertiary/aromatic N) is 1. The maximum absolute atomic E-state index is 6.14. The maximum atomic E-state index is 6.14. The molecule has 0 saturated carbocycles. The fourth-order valence-electron chi connectivity index (χ4n) is 4.95. The number of hydrogen-bond acceptors (Lipinski definition) is 2. The van der Waals surface area contributed by atoms with E-state index in [0.717, 1.165) is 31.8 Å². The summed E-state index contributed by atoms with van der Waals surface area (Å²) in [6, 6.07) is 40.7. The van der Waals surface area contributed by atoms with Crippen molar-refractivity contribution in [2.75, 3.05) is 6.54 Å². The van der Waals surface area contributed by atoms with Crippen LogP contribution < -0.4 is 4.74 Å². The van der Waals surface area contributed by atoms with E-state index in [9.17, 15) is 0 Å². The van der Waals surface area contributed by atoms with Crippen LogP contribution in [0.2, 0.25) is 0 Å². The monoisotopic (exact) mass is 463 g/mol. The Hall–Kier alpha value is -3.36. The fourth-order valence-corrected chi connectivity index (χ4v) is 4.95. The Morgan fingerprint density at radius 2 is 1.20 bits per heavy atom. The largest absolute Gasteiger partial charge is 0.489 e. The normalized spacial score (nSPS) is 12.9. The Morgan fingerprint density at radius 1 is 0.657 bits per heavy atom. The molecule has 35 heavy (non-hydrogen) atoms. The van der Waals surface area contributed by atoms with Gasteiger partial charge >= 0.3 is 0 Å². The number of benzene rings is 4. The summed E-state index contributed by atoms with van der Waals surface area (Å²) in [6.45, 7) is 8.25. The molecule has 4 aromatic rings. The van der Waals surface area contributed by atoms with Gasteiger partial charge < -0.3 is 4.74 Å². The smallest absolute Gasteiger partial charge is 0.120 e. The van der Waals surface area contributed by atoms with Crippen LogP contribution in [0, 0.1) is 5.92 Å². The van der Waals surface area contributed by atoms with E-state index in [4.69, 9.17) is 4.74 Å². The molecular weight excluding hydrogens is 426 g/mol. The molecule has 0 aliphatic carbocycles. The molecule has 0 N–H and O–H groups in total. The molecule has 0 heterocycles. The van der Waals surface area contributed by atoms with Crippen molar-refractivity contribution in [1.82, 2.24) is 4.90 Å². The Labute approximate surface area is 211 Å². The van der Waals surface area contributed by atoms with Crippen LogP contribution in [0.3, 0.4) is 0 Å². The summed E-state index contributed by atoms with van der Waals surface area (Å²) >= 11 is 0. The minimum absolute atomic E-state index is 0.476. The highest BCUT2D eigenvalue weighted by atomic mass is 16.5. The third-order valence-corrected chi connectivity index (χ3v) is 6.71. The zero-order valence-electron chi connectivity index (χ0n) is 21.0. The highest BCUT2D eigenvalue weighted by molar-refractivity contribution is 5.32. The molecule has 2 nitrogen and oxygen atoms in total. The predicted octanol–water partition coefficient (Wildman–Crippen LogP) is 8.10. The summed E-state index contributed by atoms with van der Waals surface area (Å²) < 4.78 is 6.14. The summed E-state index contributed by atoms with van der Waals surface area (Å²) in [7, 11) is 0. The molecule has 0 saturated heterocycles. The van der Waals surface area contributed by atoms with E-state index >= 15 is 0 Å². The van der Waals surface area contributed by atoms with E-state index in [1.54, 1.807) is 0 Å². The van der Waals surface area contributed by atoms with Gasteiger partial charge in [0.2, 0.25) is 0 Å². The molecule has 0 bridgehead atoms. The molecular formula is C33H37NO. The molecule has 0 aromatic heterocycles. The lowest BCUT2D eigenvalue weighted by Gasteiger charge is -2.31. The first kappa shape index (κ1) is 24.8. The third kappa shape index (κ3) is 7.56. The van der Waals surface area contributed by atoms with Crippen LogP contribution in [0.15, 0.2) is 115 Å². The summed E-state index contributed by atoms with van der Waals surface area (Å²) in [5.41, 5.74) is 5.28. The van der Waals surface area contributed by atoms with Crippen LogP contribution in [0.5, 0.6) is 5.75 Å². The van der Waals surface area contributed by atoms with Gasteiger partial charge in [-0.1, -0.05) is 117 Å². The second-order valence-electron chi connectivity index (χ2n) is 9.48. The molecule has 2 heteroatoms. The molecule has 0 radical (unpaired) electrons. The average molecular weight is 464 g/mol. The maximum Gasteiger partial charge on any atom is 0.120 e. The second kappa shape index (κ2) is 12.9. The Morgan fingerprint density at radius 3 is 1.74 bits per heavy atom. The minimum Gasteiger partial charge on any atom is -0.489 e. The van der Waals surface area contributed by atoms with Crippen LogP contribution in [-0.2, 0) is 19.7 Å². The molecule has 0 spiro atoms. The lowest BCUT2D eigenvalue weighted by molar-refractivity contribution is 0.204. The molecule has 0 aliphatic heterocycles. The highest BCUT2D eigenvalue weighted by Crippen LogP contribution is 2.31. The lowest BCUT2D eigenvalue weighted by Crippen LogP contribution is -2.30. The standard InChI is InChI=1S/C33H37NO/c1-3-33(31-20-13-21-32(22-31)35-26-30-18-11-6-12-19-30)27(2)23-34(24-28-14-7-4-8-15-28)25-29-16-9-5-10-17-29/h4-22,27,33H,3,23-26H2,1-2H3/t27-,33+/m0/s1. The number of hydrogen-bond donors (Lipinski definition) is 0. The molecule has 4 rings (SSSR count). The molecule has 0 unspecified atom stereocenters. The van der Waals surface area contributed by atoms with Crippen LogP contribution in [0.1, 0.15) is 48.4 Å². The summed E-state index contributed by atoms with van der Waals surface area (Å²) in [6.07, 6.45) is 1.10. The van der Waals surface area contributed by atoms with Gasteiger partial charge in [-0.2, -0.15) is 0 Å². The van der Waals surface area contributed by atoms with Crippen molar-refractivity contribution in [2.45, 2.75) is 45.9 Å². The van der Waals surface area contributed by atoms with Crippen LogP contribution in [0.25, 0.3) is 0 Å². The van der Waals surface area contributed by atoms with Crippen molar-refractivity contribution in [1.29, 1.82) is 0 Å². The van der Waals surface area contributed by atoms with Crippen molar-refractivity contribution in [3.8, 4) is 5.75 Å². The molecule has 0 aliphatic rings. The highest BCUT2D eigenvalue weighted by Gasteiger charge is 2.21. The number of ether oxygens (including phenoxy) is 1. The molecule has 180 valence electrons. The summed E-state index contributed by atoms with van der Waals surface area (Å²) in [5.74, 6) is 1.93. The van der Waals surface area contributed by atoms with Gasteiger partial charge in [0, 0.05) is 19.6 Å². The summed E-state index contributed by atoms with van der Waals surface area (Å²) in [5, 5.41) is 0. The average Bonchev–Trinajstić information content (AvgIpc) is 2.90. The van der Waals surface area contributed by atoms with Gasteiger partial charge in [-0.15, -0.1) is 0 Å². The van der Waals surface area contributed by atoms with Crippen molar-refractivity contribution in [2.24, 2.45) is 5.92 Å². The first-order valence-electron chi connectivity index (χ1n) is 12.8. The van der Waals surface area contributed by atoms with Crippen molar-refractivity contribution < 1.29 is 4.74 Å². The van der Waals surface area contributed by atoms with E-state index in [1.807, 2.05) is 6.07 Å². The van der Waals surface area contributed by atoms with Crippen molar-refractivity contribution in [3.05, 3.63) is 138 Å². The molecule has 0 fully saturated rings. The van der Waals surface area contributed by atoms with E-state index in [-0.39, 0.29) is 0 Å². The zero-order valence-corrected chi connectivity index (χ0v) is 21.0. The van der Waals surface area contributed by atoms with Gasteiger partial charge in [0.15, 0.2) is 0 Å². The summed E-state index contributed by atoms with van der Waals surface area (Å²) in [4.78, 5) is 2.59. The first-order chi connectivity index (χ1) is 17.2. The van der Waals surface area contributed by atoms with E-state index in [1.165, 1.54) is 22.3 Å². The van der Waals surface area contributed by atoms with E-state index < -0.39 is 0 Å². The topological polar surface area (TPSA) is 12.5 Å². The van der Waals surface area contributed by atoms with Gasteiger partial charge in [-0.3, -0.25) is 4.90 Å². The van der Waals surface area contributed by atoms with Crippen LogP contribution >= 0.6 is 0 Å². The Balaban J connectivity index is 1.46. The van der Waals surface area contributed by atoms with Gasteiger partial charge in [-0.25, -0.2) is 0 Å². The van der Waals surface area contributed by atoms with Crippen molar-refractivity contribution >= 4 is 0 Å². The Kier molecular flexibility index (Phi) is 9.14. The van der Waals surface area contributed by atoms with Crippen LogP contribution in [-0.4, -0.2) is 11.4 Å². The number of rotatable bonds is 12. The predicted molar refractivity (Wildman–Crippen MR) is 146 cm³/mol. The SMILES string of the molecule is CC[C@@H](c1cccc(OCc2ccccc2)c1)[C@@H](C)CN(Cc1ccccc1)Cc1ccccc1. The first-order valence-corrected chi connectivity index (χ1v) is 12.8. The van der Waals surface area contributed by atoms with Gasteiger partial charge in [0.1, 0.15) is 12.4 Å². The molecule has 4 aromatic carbocycles. The van der Waals surface area contributed by atoms with Gasteiger partial charge in [-0.05, 0) is 52.6 Å². The third-order valence-electron chi connectivity index (χ3n) is 6.71.